The van der Waals surface area contributed by atoms with Crippen LogP contribution in [0.4, 0.5) is 10.5 Å². The molecule has 262 valence electrons. The third-order valence-corrected chi connectivity index (χ3v) is 12.7. The van der Waals surface area contributed by atoms with Crippen LogP contribution in [0, 0.1) is 31.6 Å². The number of pyridine rings is 1. The number of ether oxygens (including phenoxy) is 1. The van der Waals surface area contributed by atoms with Gasteiger partial charge < -0.3 is 15.0 Å². The number of rotatable bonds is 6. The SMILES string of the molecule is Cc1ccc(-c2ccc(C)cc2NC(=O)O[C@@H]2C[C@H]3C(=O)N[C@]4(C(=O)NS(=O)(=O)C5(C)CC5)C[C@H]4C=CCCCCN(C)C(=O)[C@@H]3C2)nc1. The number of aryl methyl sites for hydroxylation is 2. The molecule has 3 aliphatic carbocycles. The second-order valence-corrected chi connectivity index (χ2v) is 16.6. The largest absolute Gasteiger partial charge is 0.446 e. The van der Waals surface area contributed by atoms with Crippen LogP contribution in [-0.2, 0) is 29.1 Å². The fourth-order valence-corrected chi connectivity index (χ4v) is 8.21. The maximum absolute atomic E-state index is 14.0. The molecule has 0 spiro atoms. The van der Waals surface area contributed by atoms with Gasteiger partial charge in [0.05, 0.1) is 28.0 Å². The van der Waals surface area contributed by atoms with Crippen molar-refractivity contribution >= 4 is 39.5 Å². The average molecular weight is 692 g/mol. The van der Waals surface area contributed by atoms with E-state index in [0.29, 0.717) is 36.3 Å². The van der Waals surface area contributed by atoms with E-state index < -0.39 is 56.2 Å². The normalized spacial score (nSPS) is 28.0. The summed E-state index contributed by atoms with van der Waals surface area (Å²) in [6.07, 6.45) is 7.75. The van der Waals surface area contributed by atoms with Gasteiger partial charge in [0.15, 0.2) is 0 Å². The van der Waals surface area contributed by atoms with Gasteiger partial charge in [0.25, 0.3) is 5.91 Å². The lowest BCUT2D eigenvalue weighted by Gasteiger charge is -2.27. The standard InChI is InChI=1S/C36H45N5O7S/c1-22-10-12-26(29-13-11-23(2)21-37-29)30(17-22)38-34(45)48-25-18-27-28(19-25)32(43)41(4)16-8-6-5-7-9-24-20-36(24,39-31(27)42)33(44)40-49(46,47)35(3)14-15-35/h7,9-13,17,21,24-25,27-28H,5-6,8,14-16,18-20H2,1-4H3,(H,38,45)(H,39,42)(H,40,44)/t24-,25-,27-,28-,36-/m1/s1. The van der Waals surface area contributed by atoms with Crippen LogP contribution in [0.1, 0.15) is 69.4 Å². The molecule has 4 amide bonds. The summed E-state index contributed by atoms with van der Waals surface area (Å²) in [5.41, 5.74) is 2.39. The van der Waals surface area contributed by atoms with E-state index >= 15 is 0 Å². The summed E-state index contributed by atoms with van der Waals surface area (Å²) in [6, 6.07) is 9.44. The molecule has 1 aromatic heterocycles. The van der Waals surface area contributed by atoms with Crippen molar-refractivity contribution in [3.63, 3.8) is 0 Å². The number of hydrogen-bond acceptors (Lipinski definition) is 8. The zero-order valence-electron chi connectivity index (χ0n) is 28.5. The summed E-state index contributed by atoms with van der Waals surface area (Å²) in [4.78, 5) is 60.8. The van der Waals surface area contributed by atoms with E-state index in [-0.39, 0.29) is 31.1 Å². The molecule has 0 bridgehead atoms. The van der Waals surface area contributed by atoms with E-state index in [0.717, 1.165) is 30.4 Å². The molecule has 3 saturated carbocycles. The Hall–Kier alpha value is -4.26. The Labute approximate surface area is 287 Å². The average Bonchev–Trinajstić information content (AvgIpc) is 3.93. The Kier molecular flexibility index (Phi) is 9.33. The van der Waals surface area contributed by atoms with Gasteiger partial charge in [-0.1, -0.05) is 30.4 Å². The summed E-state index contributed by atoms with van der Waals surface area (Å²) in [5.74, 6) is -3.61. The number of carbonyl (C=O) groups is 4. The number of sulfonamides is 1. The summed E-state index contributed by atoms with van der Waals surface area (Å²) in [5, 5.41) is 5.71. The monoisotopic (exact) mass is 691 g/mol. The van der Waals surface area contributed by atoms with Crippen LogP contribution >= 0.6 is 0 Å². The predicted molar refractivity (Wildman–Crippen MR) is 184 cm³/mol. The number of anilines is 1. The van der Waals surface area contributed by atoms with Gasteiger partial charge in [0.1, 0.15) is 11.6 Å². The fraction of sp³-hybridized carbons (Fsp3) is 0.528. The number of nitrogens with zero attached hydrogens (tertiary/aromatic N) is 2. The summed E-state index contributed by atoms with van der Waals surface area (Å²) < 4.78 is 33.0. The lowest BCUT2D eigenvalue weighted by Crippen LogP contribution is -2.55. The minimum atomic E-state index is -3.94. The summed E-state index contributed by atoms with van der Waals surface area (Å²) >= 11 is 0. The maximum Gasteiger partial charge on any atom is 0.411 e. The molecular weight excluding hydrogens is 646 g/mol. The molecule has 5 atom stereocenters. The number of allylic oxidation sites excluding steroid dienone is 1. The number of carbonyl (C=O) groups excluding carboxylic acids is 4. The second-order valence-electron chi connectivity index (χ2n) is 14.4. The maximum atomic E-state index is 14.0. The predicted octanol–water partition coefficient (Wildman–Crippen LogP) is 4.38. The molecule has 1 aromatic carbocycles. The van der Waals surface area contributed by atoms with Gasteiger partial charge in [-0.05, 0) is 95.4 Å². The summed E-state index contributed by atoms with van der Waals surface area (Å²) in [6.45, 7) is 5.96. The molecule has 2 aromatic rings. The number of amides is 4. The highest BCUT2D eigenvalue weighted by Crippen LogP contribution is 2.48. The second kappa shape index (κ2) is 13.2. The van der Waals surface area contributed by atoms with Crippen molar-refractivity contribution in [2.45, 2.75) is 88.5 Å². The molecule has 0 saturated heterocycles. The van der Waals surface area contributed by atoms with Crippen LogP contribution in [0.15, 0.2) is 48.7 Å². The van der Waals surface area contributed by atoms with E-state index in [2.05, 4.69) is 20.3 Å². The topological polar surface area (TPSA) is 164 Å². The number of hydrogen-bond donors (Lipinski definition) is 3. The molecule has 2 heterocycles. The van der Waals surface area contributed by atoms with Gasteiger partial charge in [-0.2, -0.15) is 0 Å². The van der Waals surface area contributed by atoms with Crippen molar-refractivity contribution in [1.29, 1.82) is 0 Å². The van der Waals surface area contributed by atoms with Crippen LogP contribution in [0.25, 0.3) is 11.3 Å². The Morgan fingerprint density at radius 3 is 2.49 bits per heavy atom. The highest BCUT2D eigenvalue weighted by molar-refractivity contribution is 7.91. The zero-order valence-corrected chi connectivity index (χ0v) is 29.3. The first-order valence-corrected chi connectivity index (χ1v) is 18.5. The third kappa shape index (κ3) is 7.22. The Morgan fingerprint density at radius 1 is 1.04 bits per heavy atom. The van der Waals surface area contributed by atoms with Crippen LogP contribution in [0.5, 0.6) is 0 Å². The van der Waals surface area contributed by atoms with Crippen molar-refractivity contribution in [2.24, 2.45) is 17.8 Å². The molecule has 3 fully saturated rings. The minimum absolute atomic E-state index is 0.0677. The lowest BCUT2D eigenvalue weighted by atomic mass is 9.93. The van der Waals surface area contributed by atoms with Crippen LogP contribution in [0.2, 0.25) is 0 Å². The van der Waals surface area contributed by atoms with E-state index in [9.17, 15) is 27.6 Å². The molecular formula is C36H45N5O7S. The first-order valence-electron chi connectivity index (χ1n) is 17.0. The van der Waals surface area contributed by atoms with Crippen molar-refractivity contribution < 1.29 is 32.3 Å². The van der Waals surface area contributed by atoms with E-state index in [1.807, 2.05) is 56.3 Å². The van der Waals surface area contributed by atoms with Gasteiger partial charge >= 0.3 is 6.09 Å². The fourth-order valence-electron chi connectivity index (χ4n) is 6.89. The van der Waals surface area contributed by atoms with Gasteiger partial charge in [0, 0.05) is 31.3 Å². The quantitative estimate of drug-likeness (QED) is 0.376. The van der Waals surface area contributed by atoms with Gasteiger partial charge in [-0.3, -0.25) is 29.4 Å². The Morgan fingerprint density at radius 2 is 1.78 bits per heavy atom. The lowest BCUT2D eigenvalue weighted by molar-refractivity contribution is -0.140. The Bertz CT molecular complexity index is 1790. The molecule has 0 unspecified atom stereocenters. The first kappa shape index (κ1) is 34.6. The zero-order chi connectivity index (χ0) is 35.1. The van der Waals surface area contributed by atoms with Gasteiger partial charge in [-0.15, -0.1) is 0 Å². The van der Waals surface area contributed by atoms with Gasteiger partial charge in [0.2, 0.25) is 21.8 Å². The molecule has 49 heavy (non-hydrogen) atoms. The number of aromatic nitrogens is 1. The number of nitrogens with one attached hydrogen (secondary N) is 3. The van der Waals surface area contributed by atoms with Gasteiger partial charge in [-0.25, -0.2) is 13.2 Å². The van der Waals surface area contributed by atoms with Crippen molar-refractivity contribution in [3.05, 3.63) is 59.8 Å². The first-order chi connectivity index (χ1) is 23.2. The van der Waals surface area contributed by atoms with E-state index in [1.165, 1.54) is 0 Å². The van der Waals surface area contributed by atoms with Crippen molar-refractivity contribution in [1.82, 2.24) is 19.9 Å². The van der Waals surface area contributed by atoms with E-state index in [4.69, 9.17) is 4.74 Å². The Balaban J connectivity index is 1.21. The molecule has 3 N–H and O–H groups in total. The van der Waals surface area contributed by atoms with Crippen LogP contribution in [0.3, 0.4) is 0 Å². The number of fused-ring (bicyclic) bond motifs is 2. The number of benzene rings is 1. The van der Waals surface area contributed by atoms with Crippen LogP contribution < -0.4 is 15.4 Å². The smallest absolute Gasteiger partial charge is 0.411 e. The molecule has 1 aliphatic heterocycles. The summed E-state index contributed by atoms with van der Waals surface area (Å²) in [7, 11) is -2.23. The molecule has 4 aliphatic rings. The minimum Gasteiger partial charge on any atom is -0.446 e. The van der Waals surface area contributed by atoms with Crippen molar-refractivity contribution in [3.8, 4) is 11.3 Å². The molecule has 12 nitrogen and oxygen atoms in total. The molecule has 13 heteroatoms. The highest BCUT2D eigenvalue weighted by atomic mass is 32.2. The third-order valence-electron chi connectivity index (χ3n) is 10.5. The molecule has 0 radical (unpaired) electrons. The van der Waals surface area contributed by atoms with Crippen LogP contribution in [-0.4, -0.2) is 72.1 Å². The molecule has 6 rings (SSSR count). The highest BCUT2D eigenvalue weighted by Gasteiger charge is 2.63. The van der Waals surface area contributed by atoms with E-state index in [1.54, 1.807) is 25.1 Å². The van der Waals surface area contributed by atoms with Crippen molar-refractivity contribution in [2.75, 3.05) is 18.9 Å².